The SMILES string of the molecule is Cc1nc(C)n(C[C@@H](C)C(=O)N2CCN(Cc3ccccc3C)CC2)n1. The van der Waals surface area contributed by atoms with Gasteiger partial charge in [0.15, 0.2) is 0 Å². The predicted molar refractivity (Wildman–Crippen MR) is 102 cm³/mol. The molecule has 1 aliphatic rings. The lowest BCUT2D eigenvalue weighted by Gasteiger charge is -2.36. The molecule has 1 amide bonds. The maximum Gasteiger partial charge on any atom is 0.227 e. The van der Waals surface area contributed by atoms with Gasteiger partial charge in [0.2, 0.25) is 5.91 Å². The zero-order valence-corrected chi connectivity index (χ0v) is 16.3. The van der Waals surface area contributed by atoms with Gasteiger partial charge >= 0.3 is 0 Å². The number of piperazine rings is 1. The summed E-state index contributed by atoms with van der Waals surface area (Å²) in [7, 11) is 0. The van der Waals surface area contributed by atoms with Crippen molar-refractivity contribution < 1.29 is 4.79 Å². The quantitative estimate of drug-likeness (QED) is 0.825. The molecule has 1 fully saturated rings. The molecular weight excluding hydrogens is 326 g/mol. The van der Waals surface area contributed by atoms with E-state index >= 15 is 0 Å². The zero-order valence-electron chi connectivity index (χ0n) is 16.3. The average molecular weight is 355 g/mol. The van der Waals surface area contributed by atoms with Gasteiger partial charge in [0.25, 0.3) is 0 Å². The number of rotatable bonds is 5. The van der Waals surface area contributed by atoms with Crippen LogP contribution in [-0.4, -0.2) is 56.7 Å². The van der Waals surface area contributed by atoms with Gasteiger partial charge in [-0.15, -0.1) is 0 Å². The van der Waals surface area contributed by atoms with Crippen LogP contribution in [0.3, 0.4) is 0 Å². The van der Waals surface area contributed by atoms with Crippen LogP contribution in [0.2, 0.25) is 0 Å². The molecule has 0 radical (unpaired) electrons. The minimum absolute atomic E-state index is 0.0854. The molecule has 0 N–H and O–H groups in total. The third-order valence-electron chi connectivity index (χ3n) is 5.17. The highest BCUT2D eigenvalue weighted by atomic mass is 16.2. The van der Waals surface area contributed by atoms with E-state index in [0.29, 0.717) is 6.54 Å². The Labute approximate surface area is 155 Å². The first-order valence-corrected chi connectivity index (χ1v) is 9.37. The number of hydrogen-bond acceptors (Lipinski definition) is 4. The van der Waals surface area contributed by atoms with E-state index in [0.717, 1.165) is 44.4 Å². The van der Waals surface area contributed by atoms with Crippen LogP contribution in [0.4, 0.5) is 0 Å². The van der Waals surface area contributed by atoms with Crippen molar-refractivity contribution in [3.63, 3.8) is 0 Å². The first-order chi connectivity index (χ1) is 12.4. The van der Waals surface area contributed by atoms with Crippen molar-refractivity contribution in [2.75, 3.05) is 26.2 Å². The second-order valence-electron chi connectivity index (χ2n) is 7.32. The van der Waals surface area contributed by atoms with E-state index in [4.69, 9.17) is 0 Å². The largest absolute Gasteiger partial charge is 0.340 e. The number of amides is 1. The van der Waals surface area contributed by atoms with Gasteiger partial charge in [-0.3, -0.25) is 9.69 Å². The fraction of sp³-hybridized carbons (Fsp3) is 0.550. The number of carbonyl (C=O) groups is 1. The van der Waals surface area contributed by atoms with Crippen LogP contribution in [0.1, 0.15) is 29.7 Å². The van der Waals surface area contributed by atoms with Crippen molar-refractivity contribution >= 4 is 5.91 Å². The summed E-state index contributed by atoms with van der Waals surface area (Å²) >= 11 is 0. The smallest absolute Gasteiger partial charge is 0.227 e. The lowest BCUT2D eigenvalue weighted by molar-refractivity contribution is -0.137. The van der Waals surface area contributed by atoms with Gasteiger partial charge < -0.3 is 4.90 Å². The third kappa shape index (κ3) is 4.30. The number of hydrogen-bond donors (Lipinski definition) is 0. The Bertz CT molecular complexity index is 761. The summed E-state index contributed by atoms with van der Waals surface area (Å²) in [5, 5.41) is 4.37. The van der Waals surface area contributed by atoms with Gasteiger partial charge in [0.1, 0.15) is 11.6 Å². The van der Waals surface area contributed by atoms with Gasteiger partial charge in [-0.05, 0) is 31.9 Å². The molecule has 0 bridgehead atoms. The highest BCUT2D eigenvalue weighted by Gasteiger charge is 2.25. The highest BCUT2D eigenvalue weighted by Crippen LogP contribution is 2.14. The van der Waals surface area contributed by atoms with Gasteiger partial charge in [-0.1, -0.05) is 31.2 Å². The Morgan fingerprint density at radius 3 is 2.42 bits per heavy atom. The molecule has 6 heteroatoms. The maximum atomic E-state index is 12.8. The maximum absolute atomic E-state index is 12.8. The molecule has 26 heavy (non-hydrogen) atoms. The van der Waals surface area contributed by atoms with Crippen LogP contribution < -0.4 is 0 Å². The summed E-state index contributed by atoms with van der Waals surface area (Å²) in [6.45, 7) is 12.9. The topological polar surface area (TPSA) is 54.3 Å². The Balaban J connectivity index is 1.51. The van der Waals surface area contributed by atoms with Crippen molar-refractivity contribution in [3.8, 4) is 0 Å². The van der Waals surface area contributed by atoms with Crippen LogP contribution in [0.25, 0.3) is 0 Å². The first kappa shape index (κ1) is 18.6. The Morgan fingerprint density at radius 2 is 1.81 bits per heavy atom. The van der Waals surface area contributed by atoms with Crippen molar-refractivity contribution in [2.24, 2.45) is 5.92 Å². The highest BCUT2D eigenvalue weighted by molar-refractivity contribution is 5.78. The standard InChI is InChI=1S/C20H29N5O/c1-15-7-5-6-8-19(15)14-23-9-11-24(12-10-23)20(26)16(2)13-25-18(4)21-17(3)22-25/h5-8,16H,9-14H2,1-4H3/t16-/m1/s1. The number of carbonyl (C=O) groups excluding carboxylic acids is 1. The van der Waals surface area contributed by atoms with Crippen molar-refractivity contribution in [3.05, 3.63) is 47.0 Å². The van der Waals surface area contributed by atoms with Crippen LogP contribution in [0.5, 0.6) is 0 Å². The molecule has 0 saturated carbocycles. The number of aryl methyl sites for hydroxylation is 3. The van der Waals surface area contributed by atoms with Crippen LogP contribution in [0.15, 0.2) is 24.3 Å². The predicted octanol–water partition coefficient (Wildman–Crippen LogP) is 2.18. The minimum Gasteiger partial charge on any atom is -0.340 e. The lowest BCUT2D eigenvalue weighted by Crippen LogP contribution is -2.50. The van der Waals surface area contributed by atoms with Crippen LogP contribution in [-0.2, 0) is 17.9 Å². The molecule has 6 nitrogen and oxygen atoms in total. The normalized spacial score (nSPS) is 16.7. The minimum atomic E-state index is -0.0854. The molecule has 0 aliphatic carbocycles. The summed E-state index contributed by atoms with van der Waals surface area (Å²) in [6.07, 6.45) is 0. The summed E-state index contributed by atoms with van der Waals surface area (Å²) < 4.78 is 1.84. The van der Waals surface area contributed by atoms with Crippen LogP contribution >= 0.6 is 0 Å². The molecule has 1 aliphatic heterocycles. The average Bonchev–Trinajstić information content (AvgIpc) is 2.94. The Hall–Kier alpha value is -2.21. The molecule has 1 saturated heterocycles. The Morgan fingerprint density at radius 1 is 1.12 bits per heavy atom. The van der Waals surface area contributed by atoms with E-state index in [9.17, 15) is 4.79 Å². The van der Waals surface area contributed by atoms with Crippen LogP contribution in [0, 0.1) is 26.7 Å². The monoisotopic (exact) mass is 355 g/mol. The van der Waals surface area contributed by atoms with Gasteiger partial charge in [-0.25, -0.2) is 9.67 Å². The van der Waals surface area contributed by atoms with E-state index in [-0.39, 0.29) is 11.8 Å². The Kier molecular flexibility index (Phi) is 5.71. The van der Waals surface area contributed by atoms with Gasteiger partial charge in [0, 0.05) is 32.7 Å². The van der Waals surface area contributed by atoms with E-state index in [1.165, 1.54) is 11.1 Å². The van der Waals surface area contributed by atoms with E-state index in [1.54, 1.807) is 0 Å². The first-order valence-electron chi connectivity index (χ1n) is 9.37. The summed E-state index contributed by atoms with van der Waals surface area (Å²) in [5.41, 5.74) is 2.70. The van der Waals surface area contributed by atoms with Crippen molar-refractivity contribution in [1.29, 1.82) is 0 Å². The molecular formula is C20H29N5O. The van der Waals surface area contributed by atoms with Gasteiger partial charge in [0.05, 0.1) is 12.5 Å². The second kappa shape index (κ2) is 7.99. The molecule has 2 heterocycles. The van der Waals surface area contributed by atoms with Crippen molar-refractivity contribution in [2.45, 2.75) is 40.8 Å². The summed E-state index contributed by atoms with van der Waals surface area (Å²) in [6, 6.07) is 8.52. The fourth-order valence-corrected chi connectivity index (χ4v) is 3.54. The molecule has 1 atom stereocenters. The number of aromatic nitrogens is 3. The lowest BCUT2D eigenvalue weighted by atomic mass is 10.1. The molecule has 2 aromatic rings. The number of nitrogens with zero attached hydrogens (tertiary/aromatic N) is 5. The van der Waals surface area contributed by atoms with E-state index in [2.05, 4.69) is 46.2 Å². The van der Waals surface area contributed by atoms with Gasteiger partial charge in [-0.2, -0.15) is 5.10 Å². The summed E-state index contributed by atoms with van der Waals surface area (Å²) in [4.78, 5) is 21.5. The molecule has 140 valence electrons. The second-order valence-corrected chi connectivity index (χ2v) is 7.32. The molecule has 1 aromatic heterocycles. The fourth-order valence-electron chi connectivity index (χ4n) is 3.54. The molecule has 1 aromatic carbocycles. The molecule has 0 spiro atoms. The molecule has 0 unspecified atom stereocenters. The van der Waals surface area contributed by atoms with E-state index in [1.807, 2.05) is 30.4 Å². The number of benzene rings is 1. The van der Waals surface area contributed by atoms with Crippen molar-refractivity contribution in [1.82, 2.24) is 24.6 Å². The zero-order chi connectivity index (χ0) is 18.7. The summed E-state index contributed by atoms with van der Waals surface area (Å²) in [5.74, 6) is 1.75. The van der Waals surface area contributed by atoms with E-state index < -0.39 is 0 Å². The molecule has 3 rings (SSSR count). The third-order valence-corrected chi connectivity index (χ3v) is 5.17.